The Bertz CT molecular complexity index is 803. The number of esters is 1. The lowest BCUT2D eigenvalue weighted by Crippen LogP contribution is -2.21. The van der Waals surface area contributed by atoms with Crippen molar-refractivity contribution >= 4 is 34.8 Å². The van der Waals surface area contributed by atoms with Gasteiger partial charge < -0.3 is 20.7 Å². The van der Waals surface area contributed by atoms with Crippen LogP contribution in [0.5, 0.6) is 0 Å². The summed E-state index contributed by atoms with van der Waals surface area (Å²) in [5, 5.41) is 8.56. The second kappa shape index (κ2) is 9.96. The van der Waals surface area contributed by atoms with Crippen LogP contribution in [0.15, 0.2) is 48.5 Å². The SMILES string of the molecule is CCCC(=O)Nc1cccc(NCC(=O)Nc2ccc(C(=O)OC)cc2)c1. The molecule has 27 heavy (non-hydrogen) atoms. The van der Waals surface area contributed by atoms with Gasteiger partial charge >= 0.3 is 5.97 Å². The molecule has 0 radical (unpaired) electrons. The Hall–Kier alpha value is -3.35. The smallest absolute Gasteiger partial charge is 0.337 e. The number of carbonyl (C=O) groups excluding carboxylic acids is 3. The molecule has 2 aromatic rings. The minimum absolute atomic E-state index is 0.0391. The fraction of sp³-hybridized carbons (Fsp3) is 0.250. The Labute approximate surface area is 158 Å². The molecule has 142 valence electrons. The number of hydrogen-bond donors (Lipinski definition) is 3. The largest absolute Gasteiger partial charge is 0.465 e. The first-order valence-corrected chi connectivity index (χ1v) is 8.64. The maximum absolute atomic E-state index is 12.1. The molecule has 0 atom stereocenters. The second-order valence-electron chi connectivity index (χ2n) is 5.85. The van der Waals surface area contributed by atoms with Crippen LogP contribution >= 0.6 is 0 Å². The molecule has 2 amide bonds. The third-order valence-corrected chi connectivity index (χ3v) is 3.67. The van der Waals surface area contributed by atoms with E-state index in [0.717, 1.165) is 12.1 Å². The number of amides is 2. The van der Waals surface area contributed by atoms with Crippen LogP contribution < -0.4 is 16.0 Å². The first-order chi connectivity index (χ1) is 13.0. The van der Waals surface area contributed by atoms with Gasteiger partial charge in [0, 0.05) is 23.5 Å². The van der Waals surface area contributed by atoms with Gasteiger partial charge in [-0.1, -0.05) is 13.0 Å². The first kappa shape index (κ1) is 20.0. The van der Waals surface area contributed by atoms with Crippen LogP contribution in [0.25, 0.3) is 0 Å². The van der Waals surface area contributed by atoms with Gasteiger partial charge in [-0.25, -0.2) is 4.79 Å². The fourth-order valence-electron chi connectivity index (χ4n) is 2.35. The molecule has 0 heterocycles. The summed E-state index contributed by atoms with van der Waals surface area (Å²) in [5.41, 5.74) is 2.39. The zero-order valence-corrected chi connectivity index (χ0v) is 15.4. The van der Waals surface area contributed by atoms with Crippen LogP contribution in [0.1, 0.15) is 30.1 Å². The molecule has 0 aliphatic rings. The normalized spacial score (nSPS) is 10.0. The molecular weight excluding hydrogens is 346 g/mol. The van der Waals surface area contributed by atoms with Crippen molar-refractivity contribution in [3.63, 3.8) is 0 Å². The minimum Gasteiger partial charge on any atom is -0.465 e. The highest BCUT2D eigenvalue weighted by Gasteiger charge is 2.07. The third kappa shape index (κ3) is 6.47. The zero-order chi connectivity index (χ0) is 19.6. The lowest BCUT2D eigenvalue weighted by Gasteiger charge is -2.10. The number of anilines is 3. The molecule has 0 unspecified atom stereocenters. The molecular formula is C20H23N3O4. The predicted octanol–water partition coefficient (Wildman–Crippen LogP) is 3.26. The monoisotopic (exact) mass is 369 g/mol. The van der Waals surface area contributed by atoms with Crippen LogP contribution in [0.4, 0.5) is 17.1 Å². The lowest BCUT2D eigenvalue weighted by atomic mass is 10.2. The summed E-state index contributed by atoms with van der Waals surface area (Å²) in [4.78, 5) is 35.1. The van der Waals surface area contributed by atoms with E-state index in [9.17, 15) is 14.4 Å². The van der Waals surface area contributed by atoms with Gasteiger partial charge in [0.2, 0.25) is 11.8 Å². The Balaban J connectivity index is 1.86. The lowest BCUT2D eigenvalue weighted by molar-refractivity contribution is -0.116. The number of benzene rings is 2. The predicted molar refractivity (Wildman–Crippen MR) is 105 cm³/mol. The van der Waals surface area contributed by atoms with Crippen LogP contribution in [0, 0.1) is 0 Å². The maximum Gasteiger partial charge on any atom is 0.337 e. The van der Waals surface area contributed by atoms with Crippen molar-refractivity contribution in [3.05, 3.63) is 54.1 Å². The van der Waals surface area contributed by atoms with Crippen molar-refractivity contribution in [2.75, 3.05) is 29.6 Å². The van der Waals surface area contributed by atoms with E-state index in [-0.39, 0.29) is 18.4 Å². The van der Waals surface area contributed by atoms with Gasteiger partial charge in [-0.2, -0.15) is 0 Å². The van der Waals surface area contributed by atoms with Gasteiger partial charge in [0.1, 0.15) is 0 Å². The van der Waals surface area contributed by atoms with E-state index >= 15 is 0 Å². The van der Waals surface area contributed by atoms with E-state index in [0.29, 0.717) is 23.4 Å². The van der Waals surface area contributed by atoms with Crippen molar-refractivity contribution < 1.29 is 19.1 Å². The van der Waals surface area contributed by atoms with Crippen molar-refractivity contribution in [3.8, 4) is 0 Å². The van der Waals surface area contributed by atoms with E-state index in [1.165, 1.54) is 7.11 Å². The van der Waals surface area contributed by atoms with Gasteiger partial charge in [0.05, 0.1) is 19.2 Å². The molecule has 0 spiro atoms. The van der Waals surface area contributed by atoms with E-state index in [1.807, 2.05) is 13.0 Å². The number of rotatable bonds is 8. The van der Waals surface area contributed by atoms with E-state index in [2.05, 4.69) is 20.7 Å². The molecule has 7 heteroatoms. The van der Waals surface area contributed by atoms with Gasteiger partial charge in [0.15, 0.2) is 0 Å². The number of hydrogen-bond acceptors (Lipinski definition) is 5. The van der Waals surface area contributed by atoms with Gasteiger partial charge in [-0.3, -0.25) is 9.59 Å². The fourth-order valence-corrected chi connectivity index (χ4v) is 2.35. The highest BCUT2D eigenvalue weighted by atomic mass is 16.5. The summed E-state index contributed by atoms with van der Waals surface area (Å²) in [7, 11) is 1.31. The molecule has 0 bridgehead atoms. The molecule has 0 aromatic heterocycles. The van der Waals surface area contributed by atoms with E-state index < -0.39 is 5.97 Å². The standard InChI is InChI=1S/C20H23N3O4/c1-3-5-18(24)23-17-7-4-6-16(12-17)21-13-19(25)22-15-10-8-14(9-11-15)20(26)27-2/h4,6-12,21H,3,5,13H2,1-2H3,(H,22,25)(H,23,24). The third-order valence-electron chi connectivity index (χ3n) is 3.67. The molecule has 0 aliphatic carbocycles. The van der Waals surface area contributed by atoms with Crippen molar-refractivity contribution in [1.29, 1.82) is 0 Å². The Morgan fingerprint density at radius 1 is 0.889 bits per heavy atom. The van der Waals surface area contributed by atoms with Crippen molar-refractivity contribution in [2.45, 2.75) is 19.8 Å². The van der Waals surface area contributed by atoms with Gasteiger partial charge in [-0.15, -0.1) is 0 Å². The first-order valence-electron chi connectivity index (χ1n) is 8.64. The van der Waals surface area contributed by atoms with Gasteiger partial charge in [0.25, 0.3) is 0 Å². The number of carbonyl (C=O) groups is 3. The van der Waals surface area contributed by atoms with Crippen LogP contribution in [-0.2, 0) is 14.3 Å². The van der Waals surface area contributed by atoms with E-state index in [4.69, 9.17) is 0 Å². The molecule has 0 aliphatic heterocycles. The molecule has 0 saturated heterocycles. The average molecular weight is 369 g/mol. The molecule has 3 N–H and O–H groups in total. The Kier molecular flexibility index (Phi) is 7.37. The van der Waals surface area contributed by atoms with Crippen molar-refractivity contribution in [2.24, 2.45) is 0 Å². The van der Waals surface area contributed by atoms with Crippen LogP contribution in [0.2, 0.25) is 0 Å². The van der Waals surface area contributed by atoms with Crippen molar-refractivity contribution in [1.82, 2.24) is 0 Å². The molecule has 2 aromatic carbocycles. The quantitative estimate of drug-likeness (QED) is 0.621. The average Bonchev–Trinajstić information content (AvgIpc) is 2.67. The Morgan fingerprint density at radius 2 is 1.56 bits per heavy atom. The molecule has 2 rings (SSSR count). The van der Waals surface area contributed by atoms with E-state index in [1.54, 1.807) is 42.5 Å². The number of nitrogens with one attached hydrogen (secondary N) is 3. The summed E-state index contributed by atoms with van der Waals surface area (Å²) in [5.74, 6) is -0.704. The topological polar surface area (TPSA) is 96.5 Å². The minimum atomic E-state index is -0.430. The molecule has 0 fully saturated rings. The number of methoxy groups -OCH3 is 1. The summed E-state index contributed by atoms with van der Waals surface area (Å²) in [6.45, 7) is 2.00. The summed E-state index contributed by atoms with van der Waals surface area (Å²) < 4.78 is 4.63. The molecule has 0 saturated carbocycles. The summed E-state index contributed by atoms with van der Waals surface area (Å²) in [6, 6.07) is 13.6. The maximum atomic E-state index is 12.1. The highest BCUT2D eigenvalue weighted by molar-refractivity contribution is 5.95. The Morgan fingerprint density at radius 3 is 2.22 bits per heavy atom. The second-order valence-corrected chi connectivity index (χ2v) is 5.85. The number of ether oxygens (including phenoxy) is 1. The summed E-state index contributed by atoms with van der Waals surface area (Å²) in [6.07, 6.45) is 1.25. The zero-order valence-electron chi connectivity index (χ0n) is 15.4. The van der Waals surface area contributed by atoms with Crippen LogP contribution in [-0.4, -0.2) is 31.4 Å². The van der Waals surface area contributed by atoms with Gasteiger partial charge in [-0.05, 0) is 48.9 Å². The molecule has 7 nitrogen and oxygen atoms in total. The van der Waals surface area contributed by atoms with Crippen LogP contribution in [0.3, 0.4) is 0 Å². The summed E-state index contributed by atoms with van der Waals surface area (Å²) >= 11 is 0. The highest BCUT2D eigenvalue weighted by Crippen LogP contribution is 2.16.